The Morgan fingerprint density at radius 2 is 1.50 bits per heavy atom. The molecule has 0 saturated heterocycles. The second-order valence-electron chi connectivity index (χ2n) is 9.29. The molecule has 138 valence electrons. The van der Waals surface area contributed by atoms with Gasteiger partial charge in [-0.05, 0) is 81.3 Å². The van der Waals surface area contributed by atoms with E-state index in [-0.39, 0.29) is 16.8 Å². The minimum atomic E-state index is -0.0717. The summed E-state index contributed by atoms with van der Waals surface area (Å²) in [7, 11) is 1.79. The smallest absolute Gasteiger partial charge is 0.155 e. The lowest BCUT2D eigenvalue weighted by Gasteiger charge is -2.34. The third-order valence-electron chi connectivity index (χ3n) is 5.40. The van der Waals surface area contributed by atoms with E-state index in [9.17, 15) is 4.79 Å². The predicted octanol–water partition coefficient (Wildman–Crippen LogP) is 6.26. The molecule has 0 fully saturated rings. The second kappa shape index (κ2) is 7.99. The van der Waals surface area contributed by atoms with E-state index >= 15 is 0 Å². The first kappa shape index (κ1) is 21.2. The summed E-state index contributed by atoms with van der Waals surface area (Å²) in [6.07, 6.45) is 11.7. The van der Waals surface area contributed by atoms with Crippen LogP contribution < -0.4 is 0 Å². The molecule has 0 spiro atoms. The lowest BCUT2D eigenvalue weighted by molar-refractivity contribution is -0.113. The van der Waals surface area contributed by atoms with Crippen molar-refractivity contribution in [2.45, 2.75) is 92.6 Å². The molecule has 2 aliphatic carbocycles. The van der Waals surface area contributed by atoms with Crippen LogP contribution in [0.2, 0.25) is 0 Å². The van der Waals surface area contributed by atoms with Crippen LogP contribution in [0.1, 0.15) is 87.0 Å². The predicted molar refractivity (Wildman–Crippen MR) is 103 cm³/mol. The van der Waals surface area contributed by atoms with Crippen molar-refractivity contribution in [3.63, 3.8) is 0 Å². The standard InChI is InChI=1S/C12H22O.C10H16O/c1-11(2)8-6-7-10(9-11)12(3,4)13-5;1-8(11)9-5-4-6-10(2,3)7-9/h9H,6-8H2,1-5H3;7H,4-6H2,1-3H3. The Morgan fingerprint density at radius 3 is 1.88 bits per heavy atom. The molecule has 0 aromatic carbocycles. The maximum atomic E-state index is 11.0. The third-order valence-corrected chi connectivity index (χ3v) is 5.40. The SMILES string of the molecule is CC(=O)C1=CC(C)(C)CCC1.COC(C)(C)C1=CC(C)(C)CCC1. The van der Waals surface area contributed by atoms with Gasteiger partial charge < -0.3 is 4.74 Å². The molecule has 0 N–H and O–H groups in total. The van der Waals surface area contributed by atoms with Crippen molar-refractivity contribution in [1.29, 1.82) is 0 Å². The summed E-state index contributed by atoms with van der Waals surface area (Å²) in [5.74, 6) is 0.248. The summed E-state index contributed by atoms with van der Waals surface area (Å²) >= 11 is 0. The molecule has 0 unspecified atom stereocenters. The Labute approximate surface area is 149 Å². The van der Waals surface area contributed by atoms with Gasteiger partial charge in [-0.3, -0.25) is 4.79 Å². The van der Waals surface area contributed by atoms with Crippen LogP contribution in [-0.2, 0) is 9.53 Å². The number of Topliss-reactive ketones (excluding diaryl/α,β-unsaturated/α-hetero) is 1. The van der Waals surface area contributed by atoms with Crippen LogP contribution in [0.15, 0.2) is 23.3 Å². The first-order valence-electron chi connectivity index (χ1n) is 9.39. The van der Waals surface area contributed by atoms with E-state index in [1.165, 1.54) is 37.7 Å². The Hall–Kier alpha value is -0.890. The Bertz CT molecular complexity index is 504. The van der Waals surface area contributed by atoms with Crippen molar-refractivity contribution in [3.8, 4) is 0 Å². The van der Waals surface area contributed by atoms with Gasteiger partial charge in [-0.25, -0.2) is 0 Å². The number of ether oxygens (including phenoxy) is 1. The first-order valence-corrected chi connectivity index (χ1v) is 9.39. The summed E-state index contributed by atoms with van der Waals surface area (Å²) < 4.78 is 5.50. The lowest BCUT2D eigenvalue weighted by Crippen LogP contribution is -2.29. The summed E-state index contributed by atoms with van der Waals surface area (Å²) in [6.45, 7) is 15.0. The monoisotopic (exact) mass is 334 g/mol. The van der Waals surface area contributed by atoms with Gasteiger partial charge in [0.25, 0.3) is 0 Å². The zero-order valence-corrected chi connectivity index (χ0v) is 17.2. The van der Waals surface area contributed by atoms with Crippen molar-refractivity contribution >= 4 is 5.78 Å². The van der Waals surface area contributed by atoms with E-state index in [0.29, 0.717) is 5.41 Å². The summed E-state index contributed by atoms with van der Waals surface area (Å²) in [5.41, 5.74) is 3.04. The Balaban J connectivity index is 0.000000243. The summed E-state index contributed by atoms with van der Waals surface area (Å²) in [4.78, 5) is 11.0. The van der Waals surface area contributed by atoms with Crippen molar-refractivity contribution in [3.05, 3.63) is 23.3 Å². The quantitative estimate of drug-likeness (QED) is 0.569. The topological polar surface area (TPSA) is 26.3 Å². The molecule has 0 amide bonds. The van der Waals surface area contributed by atoms with Crippen LogP contribution in [0, 0.1) is 10.8 Å². The van der Waals surface area contributed by atoms with E-state index in [1.807, 2.05) is 0 Å². The minimum Gasteiger partial charge on any atom is -0.374 e. The van der Waals surface area contributed by atoms with E-state index in [0.717, 1.165) is 12.0 Å². The van der Waals surface area contributed by atoms with Gasteiger partial charge in [-0.15, -0.1) is 0 Å². The van der Waals surface area contributed by atoms with Crippen LogP contribution >= 0.6 is 0 Å². The molecule has 2 rings (SSSR count). The highest BCUT2D eigenvalue weighted by Crippen LogP contribution is 2.38. The molecule has 0 atom stereocenters. The first-order chi connectivity index (χ1) is 10.9. The van der Waals surface area contributed by atoms with Crippen LogP contribution in [-0.4, -0.2) is 18.5 Å². The van der Waals surface area contributed by atoms with Gasteiger partial charge in [0, 0.05) is 7.11 Å². The third kappa shape index (κ3) is 6.55. The molecule has 0 aliphatic heterocycles. The fraction of sp³-hybridized carbons (Fsp3) is 0.773. The van der Waals surface area contributed by atoms with Crippen LogP contribution in [0.5, 0.6) is 0 Å². The molecule has 0 heterocycles. The number of allylic oxidation sites excluding steroid dienone is 3. The molecule has 2 nitrogen and oxygen atoms in total. The normalized spacial score (nSPS) is 22.7. The number of ketones is 1. The van der Waals surface area contributed by atoms with E-state index in [4.69, 9.17) is 4.74 Å². The van der Waals surface area contributed by atoms with Gasteiger partial charge in [0.2, 0.25) is 0 Å². The zero-order valence-electron chi connectivity index (χ0n) is 17.2. The molecule has 2 aliphatic rings. The lowest BCUT2D eigenvalue weighted by atomic mass is 9.76. The number of carbonyl (C=O) groups excluding carboxylic acids is 1. The van der Waals surface area contributed by atoms with Crippen molar-refractivity contribution < 1.29 is 9.53 Å². The van der Waals surface area contributed by atoms with Crippen molar-refractivity contribution in [1.82, 2.24) is 0 Å². The number of carbonyl (C=O) groups is 1. The maximum Gasteiger partial charge on any atom is 0.155 e. The molecule has 0 aromatic rings. The van der Waals surface area contributed by atoms with Crippen molar-refractivity contribution in [2.24, 2.45) is 10.8 Å². The van der Waals surface area contributed by atoms with Gasteiger partial charge in [0.15, 0.2) is 5.78 Å². The van der Waals surface area contributed by atoms with Gasteiger partial charge in [-0.2, -0.15) is 0 Å². The fourth-order valence-electron chi connectivity index (χ4n) is 3.58. The number of methoxy groups -OCH3 is 1. The number of hydrogen-bond donors (Lipinski definition) is 0. The van der Waals surface area contributed by atoms with E-state index in [2.05, 4.69) is 53.7 Å². The molecule has 0 radical (unpaired) electrons. The molecule has 0 aromatic heterocycles. The second-order valence-corrected chi connectivity index (χ2v) is 9.29. The van der Waals surface area contributed by atoms with Crippen molar-refractivity contribution in [2.75, 3.05) is 7.11 Å². The fourth-order valence-corrected chi connectivity index (χ4v) is 3.58. The summed E-state index contributed by atoms with van der Waals surface area (Å²) in [6, 6.07) is 0. The molecule has 0 bridgehead atoms. The number of rotatable bonds is 3. The Kier molecular flexibility index (Phi) is 7.04. The highest BCUT2D eigenvalue weighted by molar-refractivity contribution is 5.93. The average Bonchev–Trinajstić information content (AvgIpc) is 2.45. The highest BCUT2D eigenvalue weighted by Gasteiger charge is 2.29. The van der Waals surface area contributed by atoms with Gasteiger partial charge in [0.05, 0.1) is 5.60 Å². The number of hydrogen-bond acceptors (Lipinski definition) is 2. The van der Waals surface area contributed by atoms with Crippen LogP contribution in [0.4, 0.5) is 0 Å². The van der Waals surface area contributed by atoms with Crippen LogP contribution in [0.25, 0.3) is 0 Å². The maximum absolute atomic E-state index is 11.0. The van der Waals surface area contributed by atoms with Crippen LogP contribution in [0.3, 0.4) is 0 Å². The van der Waals surface area contributed by atoms with Gasteiger partial charge in [0.1, 0.15) is 0 Å². The zero-order chi connectivity index (χ0) is 18.6. The highest BCUT2D eigenvalue weighted by atomic mass is 16.5. The molecular weight excluding hydrogens is 296 g/mol. The molecule has 24 heavy (non-hydrogen) atoms. The minimum absolute atomic E-state index is 0.0717. The van der Waals surface area contributed by atoms with E-state index < -0.39 is 0 Å². The summed E-state index contributed by atoms with van der Waals surface area (Å²) in [5, 5.41) is 0. The molecule has 0 saturated carbocycles. The van der Waals surface area contributed by atoms with E-state index in [1.54, 1.807) is 14.0 Å². The average molecular weight is 335 g/mol. The Morgan fingerprint density at radius 1 is 1.00 bits per heavy atom. The van der Waals surface area contributed by atoms with Gasteiger partial charge in [-0.1, -0.05) is 39.8 Å². The molecular formula is C22H38O2. The molecule has 2 heteroatoms. The van der Waals surface area contributed by atoms with Gasteiger partial charge >= 0.3 is 0 Å². The largest absolute Gasteiger partial charge is 0.374 e.